The lowest BCUT2D eigenvalue weighted by atomic mass is 10.1. The fourth-order valence-corrected chi connectivity index (χ4v) is 3.07. The summed E-state index contributed by atoms with van der Waals surface area (Å²) < 4.78 is 3.56. The van der Waals surface area contributed by atoms with Gasteiger partial charge in [-0.05, 0) is 23.8 Å². The van der Waals surface area contributed by atoms with E-state index in [2.05, 4.69) is 13.0 Å². The van der Waals surface area contributed by atoms with Crippen LogP contribution in [0.2, 0.25) is 0 Å². The van der Waals surface area contributed by atoms with Gasteiger partial charge in [0.05, 0.1) is 0 Å². The van der Waals surface area contributed by atoms with Crippen LogP contribution >= 0.6 is 22.7 Å². The Kier molecular flexibility index (Phi) is 1.36. The Labute approximate surface area is 68.9 Å². The van der Waals surface area contributed by atoms with Crippen LogP contribution in [0.15, 0.2) is 12.1 Å². The molecule has 0 aromatic carbocycles. The monoisotopic (exact) mass is 164 g/mol. The van der Waals surface area contributed by atoms with E-state index in [0.29, 0.717) is 0 Å². The van der Waals surface area contributed by atoms with E-state index in [9.17, 15) is 0 Å². The van der Waals surface area contributed by atoms with E-state index in [0.717, 1.165) is 4.78 Å². The molecule has 2 heterocycles. The molecule has 0 unspecified atom stereocenters. The SMILES string of the molecule is [B]c1cc2sc(C)cc2s1. The van der Waals surface area contributed by atoms with E-state index in [-0.39, 0.29) is 0 Å². The molecule has 0 amide bonds. The second-order valence-corrected chi connectivity index (χ2v) is 4.64. The molecule has 0 atom stereocenters. The third-order valence-electron chi connectivity index (χ3n) is 1.35. The normalized spacial score (nSPS) is 10.9. The predicted molar refractivity (Wildman–Crippen MR) is 49.8 cm³/mol. The topological polar surface area (TPSA) is 0 Å². The molecule has 0 N–H and O–H groups in total. The minimum absolute atomic E-state index is 0.918. The van der Waals surface area contributed by atoms with Crippen molar-refractivity contribution < 1.29 is 0 Å². The molecule has 0 saturated carbocycles. The van der Waals surface area contributed by atoms with Crippen LogP contribution < -0.4 is 4.78 Å². The molecule has 48 valence electrons. The van der Waals surface area contributed by atoms with Gasteiger partial charge in [0.15, 0.2) is 0 Å². The number of hydrogen-bond donors (Lipinski definition) is 0. The van der Waals surface area contributed by atoms with Crippen LogP contribution in [0.4, 0.5) is 0 Å². The van der Waals surface area contributed by atoms with Gasteiger partial charge in [0.2, 0.25) is 0 Å². The maximum atomic E-state index is 5.61. The highest BCUT2D eigenvalue weighted by molar-refractivity contribution is 7.31. The average molecular weight is 164 g/mol. The van der Waals surface area contributed by atoms with Gasteiger partial charge < -0.3 is 0 Å². The van der Waals surface area contributed by atoms with Gasteiger partial charge in [-0.3, -0.25) is 0 Å². The Morgan fingerprint density at radius 2 is 1.90 bits per heavy atom. The molecule has 3 heteroatoms. The Balaban J connectivity index is 2.83. The molecule has 0 aliphatic heterocycles. The van der Waals surface area contributed by atoms with E-state index < -0.39 is 0 Å². The molecular weight excluding hydrogens is 159 g/mol. The summed E-state index contributed by atoms with van der Waals surface area (Å²) in [6.45, 7) is 2.12. The van der Waals surface area contributed by atoms with Crippen LogP contribution in [0, 0.1) is 6.92 Å². The van der Waals surface area contributed by atoms with Crippen LogP contribution in [0.25, 0.3) is 9.40 Å². The van der Waals surface area contributed by atoms with Crippen molar-refractivity contribution in [1.29, 1.82) is 0 Å². The standard InChI is InChI=1S/C7H5BS2/c1-4-2-5-6(9-4)3-7(8)10-5/h2-3H,1H3. The summed E-state index contributed by atoms with van der Waals surface area (Å²) in [6, 6.07) is 4.22. The molecule has 2 aromatic rings. The van der Waals surface area contributed by atoms with Gasteiger partial charge in [-0.2, -0.15) is 11.3 Å². The number of thiophene rings is 2. The molecule has 0 spiro atoms. The smallest absolute Gasteiger partial charge is 0.128 e. The molecule has 10 heavy (non-hydrogen) atoms. The number of hydrogen-bond acceptors (Lipinski definition) is 2. The van der Waals surface area contributed by atoms with E-state index in [4.69, 9.17) is 7.85 Å². The Bertz CT molecular complexity index is 295. The summed E-state index contributed by atoms with van der Waals surface area (Å²) >= 11 is 3.46. The van der Waals surface area contributed by atoms with Gasteiger partial charge >= 0.3 is 0 Å². The van der Waals surface area contributed by atoms with E-state index in [1.54, 1.807) is 22.7 Å². The lowest BCUT2D eigenvalue weighted by Gasteiger charge is -1.74. The first kappa shape index (κ1) is 6.44. The first-order valence-electron chi connectivity index (χ1n) is 3.01. The maximum absolute atomic E-state index is 5.61. The van der Waals surface area contributed by atoms with Crippen molar-refractivity contribution in [3.63, 3.8) is 0 Å². The lowest BCUT2D eigenvalue weighted by molar-refractivity contribution is 1.66. The lowest BCUT2D eigenvalue weighted by Crippen LogP contribution is -1.88. The highest BCUT2D eigenvalue weighted by Crippen LogP contribution is 2.27. The van der Waals surface area contributed by atoms with Crippen molar-refractivity contribution in [2.24, 2.45) is 0 Å². The summed E-state index contributed by atoms with van der Waals surface area (Å²) in [5.74, 6) is 0. The minimum atomic E-state index is 0.918. The first-order chi connectivity index (χ1) is 4.75. The molecule has 0 aliphatic rings. The van der Waals surface area contributed by atoms with E-state index >= 15 is 0 Å². The molecule has 2 rings (SSSR count). The molecule has 2 radical (unpaired) electrons. The fourth-order valence-electron chi connectivity index (χ4n) is 0.975. The van der Waals surface area contributed by atoms with Crippen LogP contribution in [-0.2, 0) is 0 Å². The van der Waals surface area contributed by atoms with E-state index in [1.165, 1.54) is 14.3 Å². The van der Waals surface area contributed by atoms with Gasteiger partial charge in [-0.25, -0.2) is 0 Å². The zero-order valence-electron chi connectivity index (χ0n) is 5.55. The van der Waals surface area contributed by atoms with E-state index in [1.807, 2.05) is 6.07 Å². The molecule has 0 bridgehead atoms. The minimum Gasteiger partial charge on any atom is -0.151 e. The van der Waals surface area contributed by atoms with Crippen LogP contribution in [-0.4, -0.2) is 7.85 Å². The average Bonchev–Trinajstić information content (AvgIpc) is 2.21. The summed E-state index contributed by atoms with van der Waals surface area (Å²) in [5, 5.41) is 0. The highest BCUT2D eigenvalue weighted by Gasteiger charge is 1.99. The highest BCUT2D eigenvalue weighted by atomic mass is 32.1. The zero-order chi connectivity index (χ0) is 7.14. The van der Waals surface area contributed by atoms with Crippen molar-refractivity contribution in [3.05, 3.63) is 17.0 Å². The Morgan fingerprint density at radius 3 is 2.60 bits per heavy atom. The molecular formula is C7H5BS2. The third-order valence-corrected chi connectivity index (χ3v) is 3.39. The Morgan fingerprint density at radius 1 is 1.20 bits per heavy atom. The number of fused-ring (bicyclic) bond motifs is 1. The molecule has 0 nitrogen and oxygen atoms in total. The second-order valence-electron chi connectivity index (χ2n) is 2.23. The molecule has 0 aliphatic carbocycles. The number of rotatable bonds is 0. The second kappa shape index (κ2) is 2.11. The van der Waals surface area contributed by atoms with Crippen LogP contribution in [0.3, 0.4) is 0 Å². The van der Waals surface area contributed by atoms with Crippen molar-refractivity contribution in [1.82, 2.24) is 0 Å². The zero-order valence-corrected chi connectivity index (χ0v) is 7.18. The van der Waals surface area contributed by atoms with Crippen molar-refractivity contribution in [2.45, 2.75) is 6.92 Å². The summed E-state index contributed by atoms with van der Waals surface area (Å²) in [7, 11) is 5.61. The fraction of sp³-hybridized carbons (Fsp3) is 0.143. The molecule has 0 fully saturated rings. The Hall–Kier alpha value is -0.275. The quantitative estimate of drug-likeness (QED) is 0.523. The van der Waals surface area contributed by atoms with Crippen molar-refractivity contribution in [3.8, 4) is 0 Å². The maximum Gasteiger partial charge on any atom is 0.128 e. The summed E-state index contributed by atoms with van der Waals surface area (Å²) in [5.41, 5.74) is 0. The van der Waals surface area contributed by atoms with Gasteiger partial charge in [0.25, 0.3) is 0 Å². The summed E-state index contributed by atoms with van der Waals surface area (Å²) in [4.78, 5) is 1.36. The van der Waals surface area contributed by atoms with Crippen molar-refractivity contribution in [2.75, 3.05) is 0 Å². The molecule has 0 saturated heterocycles. The van der Waals surface area contributed by atoms with Gasteiger partial charge in [0.1, 0.15) is 7.85 Å². The number of aryl methyl sites for hydroxylation is 1. The van der Waals surface area contributed by atoms with Crippen LogP contribution in [0.1, 0.15) is 4.88 Å². The molecule has 2 aromatic heterocycles. The van der Waals surface area contributed by atoms with Gasteiger partial charge in [-0.15, -0.1) is 11.3 Å². The first-order valence-corrected chi connectivity index (χ1v) is 4.64. The third kappa shape index (κ3) is 0.898. The van der Waals surface area contributed by atoms with Gasteiger partial charge in [-0.1, -0.05) is 0 Å². The van der Waals surface area contributed by atoms with Gasteiger partial charge in [0, 0.05) is 14.3 Å². The van der Waals surface area contributed by atoms with Crippen molar-refractivity contribution >= 4 is 44.7 Å². The summed E-state index contributed by atoms with van der Waals surface area (Å²) in [6.07, 6.45) is 0. The van der Waals surface area contributed by atoms with Crippen LogP contribution in [0.5, 0.6) is 0 Å². The largest absolute Gasteiger partial charge is 0.151 e. The predicted octanol–water partition coefficient (Wildman–Crippen LogP) is 2.07.